The van der Waals surface area contributed by atoms with Crippen LogP contribution in [0.1, 0.15) is 63.6 Å². The van der Waals surface area contributed by atoms with Crippen molar-refractivity contribution in [3.05, 3.63) is 35.6 Å². The summed E-state index contributed by atoms with van der Waals surface area (Å²) in [5.41, 5.74) is 0.474. The third kappa shape index (κ3) is 2.90. The van der Waals surface area contributed by atoms with Gasteiger partial charge in [0.1, 0.15) is 0 Å². The summed E-state index contributed by atoms with van der Waals surface area (Å²) in [5, 5.41) is 4.78. The van der Waals surface area contributed by atoms with Crippen LogP contribution in [0.5, 0.6) is 0 Å². The first kappa shape index (κ1) is 13.3. The van der Waals surface area contributed by atoms with E-state index in [0.717, 1.165) is 8.19 Å². The summed E-state index contributed by atoms with van der Waals surface area (Å²) >= 11 is 0. The molecule has 1 atom stereocenters. The van der Waals surface area contributed by atoms with Crippen LogP contribution in [0.4, 0.5) is 0 Å². The Morgan fingerprint density at radius 3 is 2.21 bits per heavy atom. The van der Waals surface area contributed by atoms with E-state index < -0.39 is 0 Å². The summed E-state index contributed by atoms with van der Waals surface area (Å²) in [6.45, 7) is 2.53. The minimum Gasteiger partial charge on any atom is -0.128 e. The van der Waals surface area contributed by atoms with Crippen LogP contribution in [0.25, 0.3) is 10.5 Å². The van der Waals surface area contributed by atoms with Crippen LogP contribution in [0.3, 0.4) is 0 Å². The van der Waals surface area contributed by atoms with Gasteiger partial charge in [-0.05, 0) is 40.1 Å². The Hall–Kier alpha value is -0.740. The van der Waals surface area contributed by atoms with E-state index in [2.05, 4.69) is 37.3 Å². The highest BCUT2D eigenvalue weighted by Crippen LogP contribution is 2.44. The molecule has 1 aromatic carbocycles. The Morgan fingerprint density at radius 2 is 1.53 bits per heavy atom. The maximum Gasteiger partial charge on any atom is -0.00154 e. The lowest BCUT2D eigenvalue weighted by atomic mass is 9.79. The van der Waals surface area contributed by atoms with Crippen molar-refractivity contribution in [2.75, 3.05) is 0 Å². The van der Waals surface area contributed by atoms with Crippen LogP contribution >= 0.6 is 8.19 Å². The van der Waals surface area contributed by atoms with Gasteiger partial charge in [-0.3, -0.25) is 0 Å². The highest BCUT2D eigenvalue weighted by atomic mass is 31.0. The molecule has 1 saturated carbocycles. The molecule has 1 aliphatic rings. The topological polar surface area (TPSA) is 0 Å². The molecule has 1 aromatic heterocycles. The lowest BCUT2D eigenvalue weighted by molar-refractivity contribution is 0.388. The summed E-state index contributed by atoms with van der Waals surface area (Å²) in [7, 11) is 0.926. The van der Waals surface area contributed by atoms with Crippen LogP contribution in [0.2, 0.25) is 0 Å². The van der Waals surface area contributed by atoms with E-state index in [1.54, 1.807) is 10.4 Å². The zero-order valence-corrected chi connectivity index (χ0v) is 13.0. The van der Waals surface area contributed by atoms with Crippen LogP contribution < -0.4 is 0 Å². The number of hydrogen-bond acceptors (Lipinski definition) is 0. The summed E-state index contributed by atoms with van der Waals surface area (Å²) < 4.78 is 0. The molecule has 0 radical (unpaired) electrons. The van der Waals surface area contributed by atoms with Crippen molar-refractivity contribution in [1.82, 2.24) is 0 Å². The zero-order valence-electron chi connectivity index (χ0n) is 12.0. The molecule has 1 fully saturated rings. The largest absolute Gasteiger partial charge is 0.128 e. The molecule has 1 unspecified atom stereocenters. The molecule has 19 heavy (non-hydrogen) atoms. The van der Waals surface area contributed by atoms with Crippen LogP contribution in [-0.2, 0) is 5.41 Å². The average Bonchev–Trinajstić information content (AvgIpc) is 2.88. The first-order valence-electron chi connectivity index (χ1n) is 7.86. The first-order chi connectivity index (χ1) is 9.28. The second-order valence-electron chi connectivity index (χ2n) is 6.45. The maximum absolute atomic E-state index is 2.53. The number of hydrogen-bond donors (Lipinski definition) is 0. The lowest BCUT2D eigenvalue weighted by Crippen LogP contribution is -2.19. The molecule has 1 heteroatoms. The van der Waals surface area contributed by atoms with Gasteiger partial charge >= 0.3 is 0 Å². The Balaban J connectivity index is 1.91. The zero-order chi connectivity index (χ0) is 13.1. The average molecular weight is 272 g/mol. The molecule has 0 aliphatic heterocycles. The van der Waals surface area contributed by atoms with Gasteiger partial charge in [0, 0.05) is 0 Å². The first-order valence-corrected chi connectivity index (χ1v) is 8.86. The van der Waals surface area contributed by atoms with Gasteiger partial charge in [-0.15, -0.1) is 8.19 Å². The normalized spacial score (nSPS) is 21.1. The van der Waals surface area contributed by atoms with Crippen LogP contribution in [-0.4, -0.2) is 0 Å². The molecule has 1 heterocycles. The molecular weight excluding hydrogens is 247 g/mol. The van der Waals surface area contributed by atoms with E-state index in [-0.39, 0.29) is 0 Å². The van der Waals surface area contributed by atoms with Crippen molar-refractivity contribution in [2.45, 2.75) is 63.7 Å². The molecule has 0 saturated heterocycles. The molecule has 102 valence electrons. The van der Waals surface area contributed by atoms with E-state index in [4.69, 9.17) is 0 Å². The molecule has 2 aromatic rings. The van der Waals surface area contributed by atoms with Crippen molar-refractivity contribution in [3.63, 3.8) is 0 Å². The van der Waals surface area contributed by atoms with E-state index in [1.807, 2.05) is 0 Å². The summed E-state index contributed by atoms with van der Waals surface area (Å²) in [6, 6.07) is 11.5. The summed E-state index contributed by atoms with van der Waals surface area (Å²) in [4.78, 5) is 0. The standard InChI is InChI=1S/C18H25P/c1-18(12-8-4-2-3-5-9-13-18)17-14-15-10-6-7-11-16(15)19-17/h6-7,10-11,14,19H,2-5,8-9,12-13H2,1H3. The van der Waals surface area contributed by atoms with Gasteiger partial charge in [-0.25, -0.2) is 0 Å². The molecule has 1 aliphatic carbocycles. The highest BCUT2D eigenvalue weighted by Gasteiger charge is 2.27. The van der Waals surface area contributed by atoms with E-state index in [9.17, 15) is 0 Å². The Kier molecular flexibility index (Phi) is 3.99. The third-order valence-electron chi connectivity index (χ3n) is 4.89. The van der Waals surface area contributed by atoms with Gasteiger partial charge in [0.25, 0.3) is 0 Å². The van der Waals surface area contributed by atoms with Crippen molar-refractivity contribution < 1.29 is 0 Å². The van der Waals surface area contributed by atoms with E-state index >= 15 is 0 Å². The molecule has 0 amide bonds. The van der Waals surface area contributed by atoms with Crippen molar-refractivity contribution in [2.24, 2.45) is 0 Å². The van der Waals surface area contributed by atoms with Crippen molar-refractivity contribution in [3.8, 4) is 0 Å². The fourth-order valence-electron chi connectivity index (χ4n) is 3.53. The van der Waals surface area contributed by atoms with Gasteiger partial charge in [-0.2, -0.15) is 0 Å². The quantitative estimate of drug-likeness (QED) is 0.574. The summed E-state index contributed by atoms with van der Waals surface area (Å²) in [5.74, 6) is 0. The predicted molar refractivity (Wildman–Crippen MR) is 87.7 cm³/mol. The van der Waals surface area contributed by atoms with Gasteiger partial charge in [-0.1, -0.05) is 69.7 Å². The van der Waals surface area contributed by atoms with Gasteiger partial charge in [0.05, 0.1) is 0 Å². The molecule has 0 spiro atoms. The molecule has 0 nitrogen and oxygen atoms in total. The monoisotopic (exact) mass is 272 g/mol. The number of benzene rings is 1. The van der Waals surface area contributed by atoms with Gasteiger partial charge < -0.3 is 0 Å². The van der Waals surface area contributed by atoms with Crippen molar-refractivity contribution in [1.29, 1.82) is 0 Å². The van der Waals surface area contributed by atoms with Gasteiger partial charge in [0.2, 0.25) is 0 Å². The number of fused-ring (bicyclic) bond motifs is 1. The Labute approximate surface area is 118 Å². The van der Waals surface area contributed by atoms with Crippen molar-refractivity contribution >= 4 is 18.7 Å². The Bertz CT molecular complexity index is 494. The smallest absolute Gasteiger partial charge is 0.00154 e. The van der Waals surface area contributed by atoms with Gasteiger partial charge in [0.15, 0.2) is 0 Å². The maximum atomic E-state index is 2.53. The lowest BCUT2D eigenvalue weighted by Gasteiger charge is -2.29. The Morgan fingerprint density at radius 1 is 0.895 bits per heavy atom. The SMILES string of the molecule is CC1(c2cc3ccccc3[pH]2)CCCCCCCC1. The van der Waals surface area contributed by atoms with E-state index in [1.165, 1.54) is 56.8 Å². The highest BCUT2D eigenvalue weighted by molar-refractivity contribution is 7.38. The second-order valence-corrected chi connectivity index (χ2v) is 7.78. The summed E-state index contributed by atoms with van der Waals surface area (Å²) in [6.07, 6.45) is 11.5. The van der Waals surface area contributed by atoms with Crippen LogP contribution in [0, 0.1) is 0 Å². The van der Waals surface area contributed by atoms with E-state index in [0.29, 0.717) is 5.41 Å². The fourth-order valence-corrected chi connectivity index (χ4v) is 5.08. The predicted octanol–water partition coefficient (Wildman–Crippen LogP) is 6.26. The fraction of sp³-hybridized carbons (Fsp3) is 0.556. The molecule has 3 rings (SSSR count). The molecule has 0 bridgehead atoms. The minimum atomic E-state index is 0.474. The van der Waals surface area contributed by atoms with Crippen LogP contribution in [0.15, 0.2) is 30.3 Å². The third-order valence-corrected chi connectivity index (χ3v) is 6.63. The minimum absolute atomic E-state index is 0.474. The molecular formula is C18H25P. The molecule has 0 N–H and O–H groups in total. The second kappa shape index (κ2) is 5.71. The number of rotatable bonds is 1.